The van der Waals surface area contributed by atoms with Crippen LogP contribution in [0.15, 0.2) is 82.2 Å². The Kier molecular flexibility index (Phi) is 6.55. The van der Waals surface area contributed by atoms with E-state index in [2.05, 4.69) is 6.92 Å². The maximum Gasteiger partial charge on any atom is 0.311 e. The number of hydrogen-bond donors (Lipinski definition) is 0. The fourth-order valence-electron chi connectivity index (χ4n) is 4.15. The highest BCUT2D eigenvalue weighted by Crippen LogP contribution is 2.25. The highest BCUT2D eigenvalue weighted by atomic mass is 16.5. The van der Waals surface area contributed by atoms with Crippen LogP contribution in [-0.4, -0.2) is 29.2 Å². The maximum absolute atomic E-state index is 12.8. The van der Waals surface area contributed by atoms with E-state index in [1.165, 1.54) is 24.5 Å². The number of carbonyl (C=O) groups excluding carboxylic acids is 3. The number of aryl methyl sites for hydroxylation is 1. The lowest BCUT2D eigenvalue weighted by molar-refractivity contribution is -0.134. The van der Waals surface area contributed by atoms with Crippen molar-refractivity contribution in [1.82, 2.24) is 4.90 Å². The molecular weight excluding hydrogens is 474 g/mol. The molecule has 0 saturated carbocycles. The molecule has 1 aliphatic heterocycles. The van der Waals surface area contributed by atoms with Crippen molar-refractivity contribution in [3.63, 3.8) is 0 Å². The molecule has 0 saturated heterocycles. The van der Waals surface area contributed by atoms with Crippen molar-refractivity contribution in [3.8, 4) is 17.2 Å². The van der Waals surface area contributed by atoms with Crippen LogP contribution in [0.25, 0.3) is 11.0 Å². The van der Waals surface area contributed by atoms with Crippen molar-refractivity contribution in [1.29, 1.82) is 0 Å². The summed E-state index contributed by atoms with van der Waals surface area (Å²) < 4.78 is 16.6. The van der Waals surface area contributed by atoms with Crippen LogP contribution in [0.5, 0.6) is 17.2 Å². The van der Waals surface area contributed by atoms with E-state index >= 15 is 0 Å². The third-order valence-corrected chi connectivity index (χ3v) is 6.15. The number of benzene rings is 3. The number of carbonyl (C=O) groups is 3. The molecular formula is C29H23NO7. The molecule has 0 bridgehead atoms. The first-order valence-electron chi connectivity index (χ1n) is 11.9. The van der Waals surface area contributed by atoms with Gasteiger partial charge in [0.05, 0.1) is 16.5 Å². The van der Waals surface area contributed by atoms with E-state index < -0.39 is 5.97 Å². The van der Waals surface area contributed by atoms with Gasteiger partial charge in [-0.1, -0.05) is 31.2 Å². The first kappa shape index (κ1) is 24.0. The molecule has 4 aromatic rings. The zero-order valence-electron chi connectivity index (χ0n) is 20.1. The van der Waals surface area contributed by atoms with Crippen LogP contribution in [0.2, 0.25) is 0 Å². The summed E-state index contributed by atoms with van der Waals surface area (Å²) in [4.78, 5) is 51.2. The molecule has 37 heavy (non-hydrogen) atoms. The number of imide groups is 1. The van der Waals surface area contributed by atoms with Gasteiger partial charge in [0, 0.05) is 19.0 Å². The predicted octanol–water partition coefficient (Wildman–Crippen LogP) is 5.13. The van der Waals surface area contributed by atoms with Gasteiger partial charge in [0.1, 0.15) is 23.3 Å². The highest BCUT2D eigenvalue weighted by Gasteiger charge is 2.34. The van der Waals surface area contributed by atoms with E-state index in [-0.39, 0.29) is 59.1 Å². The van der Waals surface area contributed by atoms with Crippen molar-refractivity contribution in [2.75, 3.05) is 6.54 Å². The molecule has 0 fully saturated rings. The van der Waals surface area contributed by atoms with Crippen LogP contribution >= 0.6 is 0 Å². The Morgan fingerprint density at radius 1 is 0.892 bits per heavy atom. The Labute approximate surface area is 212 Å². The summed E-state index contributed by atoms with van der Waals surface area (Å²) in [5.41, 5.74) is 1.80. The Bertz CT molecular complexity index is 1530. The van der Waals surface area contributed by atoms with E-state index in [0.29, 0.717) is 16.9 Å². The molecule has 0 aliphatic carbocycles. The van der Waals surface area contributed by atoms with Gasteiger partial charge in [0.25, 0.3) is 11.8 Å². The summed E-state index contributed by atoms with van der Waals surface area (Å²) >= 11 is 0. The Balaban J connectivity index is 1.19. The van der Waals surface area contributed by atoms with Gasteiger partial charge < -0.3 is 13.9 Å². The third-order valence-electron chi connectivity index (χ3n) is 6.15. The summed E-state index contributed by atoms with van der Waals surface area (Å²) in [6.07, 6.45) is 2.38. The van der Waals surface area contributed by atoms with Crippen LogP contribution in [0, 0.1) is 0 Å². The molecule has 0 atom stereocenters. The fourth-order valence-corrected chi connectivity index (χ4v) is 4.15. The maximum atomic E-state index is 12.8. The average molecular weight is 498 g/mol. The van der Waals surface area contributed by atoms with Gasteiger partial charge in [0.15, 0.2) is 0 Å². The van der Waals surface area contributed by atoms with E-state index in [1.807, 2.05) is 12.1 Å². The number of rotatable bonds is 8. The van der Waals surface area contributed by atoms with Crippen LogP contribution in [-0.2, 0) is 11.2 Å². The number of hydrogen-bond acceptors (Lipinski definition) is 7. The van der Waals surface area contributed by atoms with Crippen molar-refractivity contribution < 1.29 is 28.3 Å². The van der Waals surface area contributed by atoms with Crippen molar-refractivity contribution >= 4 is 28.8 Å². The minimum atomic E-state index is -0.534. The zero-order chi connectivity index (χ0) is 25.9. The normalized spacial score (nSPS) is 12.6. The number of esters is 1. The molecule has 1 aliphatic rings. The second-order valence-electron chi connectivity index (χ2n) is 8.57. The number of amides is 2. The second kappa shape index (κ2) is 10.1. The van der Waals surface area contributed by atoms with Crippen molar-refractivity contribution in [3.05, 3.63) is 99.9 Å². The smallest absolute Gasteiger partial charge is 0.311 e. The SMILES string of the molecule is CCc1ccc(Oc2coc3cc(OC(=O)CCCN4C(=O)c5ccccc5C4=O)ccc3c2=O)cc1. The van der Waals surface area contributed by atoms with Crippen LogP contribution in [0.1, 0.15) is 46.0 Å². The van der Waals surface area contributed by atoms with Crippen molar-refractivity contribution in [2.45, 2.75) is 26.2 Å². The van der Waals surface area contributed by atoms with Crippen LogP contribution in [0.4, 0.5) is 0 Å². The Hall–Kier alpha value is -4.72. The zero-order valence-corrected chi connectivity index (χ0v) is 20.1. The molecule has 186 valence electrons. The highest BCUT2D eigenvalue weighted by molar-refractivity contribution is 6.21. The van der Waals surface area contributed by atoms with Crippen LogP contribution < -0.4 is 14.9 Å². The lowest BCUT2D eigenvalue weighted by Crippen LogP contribution is -2.31. The van der Waals surface area contributed by atoms with E-state index in [9.17, 15) is 19.2 Å². The molecule has 0 N–H and O–H groups in total. The lowest BCUT2D eigenvalue weighted by atomic mass is 10.1. The monoisotopic (exact) mass is 497 g/mol. The van der Waals surface area contributed by atoms with E-state index in [1.54, 1.807) is 36.4 Å². The third kappa shape index (κ3) is 4.86. The molecule has 5 rings (SSSR count). The van der Waals surface area contributed by atoms with Gasteiger partial charge in [-0.05, 0) is 54.8 Å². The Morgan fingerprint density at radius 2 is 1.57 bits per heavy atom. The minimum Gasteiger partial charge on any atom is -0.460 e. The van der Waals surface area contributed by atoms with Gasteiger partial charge >= 0.3 is 5.97 Å². The summed E-state index contributed by atoms with van der Waals surface area (Å²) in [7, 11) is 0. The fraction of sp³-hybridized carbons (Fsp3) is 0.172. The molecule has 3 aromatic carbocycles. The summed E-state index contributed by atoms with van der Waals surface area (Å²) in [6, 6.07) is 18.5. The molecule has 0 unspecified atom stereocenters. The quantitative estimate of drug-likeness (QED) is 0.189. The number of fused-ring (bicyclic) bond motifs is 2. The first-order valence-corrected chi connectivity index (χ1v) is 11.9. The summed E-state index contributed by atoms with van der Waals surface area (Å²) in [5.74, 6) is -0.469. The Morgan fingerprint density at radius 3 is 2.24 bits per heavy atom. The molecule has 2 amide bonds. The standard InChI is InChI=1S/C29H23NO7/c1-2-18-9-11-19(12-10-18)36-25-17-35-24-16-20(13-14-23(24)27(25)32)37-26(31)8-5-15-30-28(33)21-6-3-4-7-22(21)29(30)34/h3-4,6-7,9-14,16-17H,2,5,8,15H2,1H3. The summed E-state index contributed by atoms with van der Waals surface area (Å²) in [5, 5.41) is 0.285. The van der Waals surface area contributed by atoms with Gasteiger partial charge in [-0.2, -0.15) is 0 Å². The topological polar surface area (TPSA) is 103 Å². The minimum absolute atomic E-state index is 0.00100. The van der Waals surface area contributed by atoms with E-state index in [4.69, 9.17) is 13.9 Å². The lowest BCUT2D eigenvalue weighted by Gasteiger charge is -2.13. The number of nitrogens with zero attached hydrogens (tertiary/aromatic N) is 1. The molecule has 0 radical (unpaired) electrons. The van der Waals surface area contributed by atoms with Gasteiger partial charge in [-0.25, -0.2) is 0 Å². The second-order valence-corrected chi connectivity index (χ2v) is 8.57. The van der Waals surface area contributed by atoms with E-state index in [0.717, 1.165) is 16.9 Å². The molecule has 8 heteroatoms. The largest absolute Gasteiger partial charge is 0.460 e. The summed E-state index contributed by atoms with van der Waals surface area (Å²) in [6.45, 7) is 2.16. The van der Waals surface area contributed by atoms with Gasteiger partial charge in [-0.15, -0.1) is 0 Å². The van der Waals surface area contributed by atoms with Gasteiger partial charge in [-0.3, -0.25) is 24.1 Å². The first-order chi connectivity index (χ1) is 17.9. The molecule has 8 nitrogen and oxygen atoms in total. The molecule has 0 spiro atoms. The number of ether oxygens (including phenoxy) is 2. The predicted molar refractivity (Wildman–Crippen MR) is 135 cm³/mol. The molecule has 2 heterocycles. The van der Waals surface area contributed by atoms with Gasteiger partial charge in [0.2, 0.25) is 11.2 Å². The van der Waals surface area contributed by atoms with Crippen molar-refractivity contribution in [2.24, 2.45) is 0 Å². The molecule has 1 aromatic heterocycles. The average Bonchev–Trinajstić information content (AvgIpc) is 3.15. The van der Waals surface area contributed by atoms with Crippen LogP contribution in [0.3, 0.4) is 0 Å².